The molecule has 0 bridgehead atoms. The number of carbonyl (C=O) groups excluding carboxylic acids is 1. The average molecular weight is 402 g/mol. The third-order valence-electron chi connectivity index (χ3n) is 2.48. The second kappa shape index (κ2) is 6.85. The van der Waals surface area contributed by atoms with Crippen molar-refractivity contribution in [3.63, 3.8) is 0 Å². The monoisotopic (exact) mass is 400 g/mol. The van der Waals surface area contributed by atoms with Crippen molar-refractivity contribution in [2.45, 2.75) is 0 Å². The number of anilines is 2. The molecule has 0 aliphatic rings. The summed E-state index contributed by atoms with van der Waals surface area (Å²) >= 11 is 6.58. The molecule has 0 spiro atoms. The van der Waals surface area contributed by atoms with Gasteiger partial charge in [0.2, 0.25) is 5.91 Å². The van der Waals surface area contributed by atoms with E-state index in [1.165, 1.54) is 6.07 Å². The van der Waals surface area contributed by atoms with Gasteiger partial charge in [-0.15, -0.1) is 0 Å². The van der Waals surface area contributed by atoms with Crippen LogP contribution in [0.4, 0.5) is 15.8 Å². The summed E-state index contributed by atoms with van der Waals surface area (Å²) in [6, 6.07) is 11.8. The number of hydrogen-bond donors (Lipinski definition) is 2. The second-order valence-corrected chi connectivity index (χ2v) is 5.87. The Balaban J connectivity index is 1.94. The lowest BCUT2D eigenvalue weighted by Gasteiger charge is -2.09. The summed E-state index contributed by atoms with van der Waals surface area (Å²) in [6.45, 7) is -0.0140. The lowest BCUT2D eigenvalue weighted by Crippen LogP contribution is -2.22. The molecule has 0 aliphatic carbocycles. The number of halogens is 3. The van der Waals surface area contributed by atoms with Gasteiger partial charge in [0.1, 0.15) is 5.82 Å². The van der Waals surface area contributed by atoms with Crippen molar-refractivity contribution in [3.8, 4) is 0 Å². The van der Waals surface area contributed by atoms with Crippen LogP contribution in [0, 0.1) is 5.82 Å². The molecule has 0 radical (unpaired) electrons. The van der Waals surface area contributed by atoms with Gasteiger partial charge in [-0.05, 0) is 36.4 Å². The molecule has 1 amide bonds. The third kappa shape index (κ3) is 4.31. The standard InChI is InChI=1S/C14H11Br2FN2O/c15-9-2-1-3-11(6-9)19-14(20)8-18-13-7-10(16)4-5-12(13)17/h1-7,18H,8H2,(H,19,20). The first-order chi connectivity index (χ1) is 9.54. The fourth-order valence-corrected chi connectivity index (χ4v) is 2.34. The maximum atomic E-state index is 13.5. The number of nitrogens with one attached hydrogen (secondary N) is 2. The highest BCUT2D eigenvalue weighted by Crippen LogP contribution is 2.20. The molecule has 104 valence electrons. The van der Waals surface area contributed by atoms with Crippen molar-refractivity contribution in [2.75, 3.05) is 17.2 Å². The number of hydrogen-bond acceptors (Lipinski definition) is 2. The van der Waals surface area contributed by atoms with Crippen LogP contribution in [-0.2, 0) is 4.79 Å². The fraction of sp³-hybridized carbons (Fsp3) is 0.0714. The molecular weight excluding hydrogens is 391 g/mol. The first-order valence-electron chi connectivity index (χ1n) is 5.79. The molecule has 0 aromatic heterocycles. The van der Waals surface area contributed by atoms with Crippen LogP contribution in [-0.4, -0.2) is 12.5 Å². The van der Waals surface area contributed by atoms with Gasteiger partial charge in [0.15, 0.2) is 0 Å². The molecule has 0 fully saturated rings. The minimum Gasteiger partial charge on any atom is -0.374 e. The highest BCUT2D eigenvalue weighted by atomic mass is 79.9. The lowest BCUT2D eigenvalue weighted by atomic mass is 10.3. The van der Waals surface area contributed by atoms with Crippen molar-refractivity contribution < 1.29 is 9.18 Å². The van der Waals surface area contributed by atoms with Crippen LogP contribution >= 0.6 is 31.9 Å². The number of carbonyl (C=O) groups is 1. The van der Waals surface area contributed by atoms with Gasteiger partial charge in [-0.1, -0.05) is 37.9 Å². The molecule has 20 heavy (non-hydrogen) atoms. The molecule has 2 aromatic rings. The Kier molecular flexibility index (Phi) is 5.14. The van der Waals surface area contributed by atoms with E-state index in [0.717, 1.165) is 8.95 Å². The first kappa shape index (κ1) is 15.0. The molecular formula is C14H11Br2FN2O. The van der Waals surface area contributed by atoms with Crippen molar-refractivity contribution in [1.82, 2.24) is 0 Å². The predicted octanol–water partition coefficient (Wildman–Crippen LogP) is 4.40. The van der Waals surface area contributed by atoms with Gasteiger partial charge in [-0.3, -0.25) is 4.79 Å². The number of amides is 1. The van der Waals surface area contributed by atoms with Crippen molar-refractivity contribution >= 4 is 49.1 Å². The quantitative estimate of drug-likeness (QED) is 0.797. The zero-order chi connectivity index (χ0) is 14.5. The summed E-state index contributed by atoms with van der Waals surface area (Å²) in [6.07, 6.45) is 0. The van der Waals surface area contributed by atoms with Gasteiger partial charge in [-0.2, -0.15) is 0 Å². The molecule has 3 nitrogen and oxygen atoms in total. The Hall–Kier alpha value is -1.40. The third-order valence-corrected chi connectivity index (χ3v) is 3.46. The second-order valence-electron chi connectivity index (χ2n) is 4.04. The Morgan fingerprint density at radius 1 is 1.10 bits per heavy atom. The van der Waals surface area contributed by atoms with Crippen molar-refractivity contribution in [3.05, 3.63) is 57.2 Å². The molecule has 2 rings (SSSR count). The number of benzene rings is 2. The van der Waals surface area contributed by atoms with Crippen LogP contribution in [0.3, 0.4) is 0 Å². The van der Waals surface area contributed by atoms with Gasteiger partial charge < -0.3 is 10.6 Å². The summed E-state index contributed by atoms with van der Waals surface area (Å²) in [5.74, 6) is -0.647. The van der Waals surface area contributed by atoms with Gasteiger partial charge in [0, 0.05) is 14.6 Å². The smallest absolute Gasteiger partial charge is 0.243 e. The van der Waals surface area contributed by atoms with E-state index in [9.17, 15) is 9.18 Å². The normalized spacial score (nSPS) is 10.2. The van der Waals surface area contributed by atoms with Crippen LogP contribution in [0.2, 0.25) is 0 Å². The van der Waals surface area contributed by atoms with Gasteiger partial charge >= 0.3 is 0 Å². The van der Waals surface area contributed by atoms with E-state index >= 15 is 0 Å². The summed E-state index contributed by atoms with van der Waals surface area (Å²) in [4.78, 5) is 11.8. The molecule has 0 saturated heterocycles. The summed E-state index contributed by atoms with van der Waals surface area (Å²) < 4.78 is 15.1. The summed E-state index contributed by atoms with van der Waals surface area (Å²) in [5, 5.41) is 5.48. The molecule has 0 aliphatic heterocycles. The van der Waals surface area contributed by atoms with Crippen LogP contribution in [0.1, 0.15) is 0 Å². The van der Waals surface area contributed by atoms with E-state index in [1.807, 2.05) is 12.1 Å². The Labute approximate surface area is 132 Å². The van der Waals surface area contributed by atoms with E-state index in [2.05, 4.69) is 42.5 Å². The van der Waals surface area contributed by atoms with Crippen LogP contribution in [0.15, 0.2) is 51.4 Å². The Morgan fingerprint density at radius 2 is 1.85 bits per heavy atom. The molecule has 2 N–H and O–H groups in total. The minimum atomic E-state index is -0.400. The predicted molar refractivity (Wildman–Crippen MR) is 85.4 cm³/mol. The average Bonchev–Trinajstić information content (AvgIpc) is 2.40. The Bertz CT molecular complexity index is 634. The molecule has 0 atom stereocenters. The van der Waals surface area contributed by atoms with Crippen molar-refractivity contribution in [1.29, 1.82) is 0 Å². The zero-order valence-electron chi connectivity index (χ0n) is 10.3. The SMILES string of the molecule is O=C(CNc1cc(Br)ccc1F)Nc1cccc(Br)c1. The molecule has 0 unspecified atom stereocenters. The molecule has 0 heterocycles. The maximum Gasteiger partial charge on any atom is 0.243 e. The Morgan fingerprint density at radius 3 is 2.60 bits per heavy atom. The number of rotatable bonds is 4. The van der Waals surface area contributed by atoms with Crippen molar-refractivity contribution in [2.24, 2.45) is 0 Å². The highest BCUT2D eigenvalue weighted by molar-refractivity contribution is 9.10. The van der Waals surface area contributed by atoms with Crippen LogP contribution in [0.25, 0.3) is 0 Å². The largest absolute Gasteiger partial charge is 0.374 e. The lowest BCUT2D eigenvalue weighted by molar-refractivity contribution is -0.114. The topological polar surface area (TPSA) is 41.1 Å². The van der Waals surface area contributed by atoms with E-state index in [4.69, 9.17) is 0 Å². The molecule has 2 aromatic carbocycles. The first-order valence-corrected chi connectivity index (χ1v) is 7.37. The highest BCUT2D eigenvalue weighted by Gasteiger charge is 2.06. The van der Waals surface area contributed by atoms with Gasteiger partial charge in [0.25, 0.3) is 0 Å². The van der Waals surface area contributed by atoms with E-state index in [-0.39, 0.29) is 18.1 Å². The summed E-state index contributed by atoms with van der Waals surface area (Å²) in [5.41, 5.74) is 0.963. The van der Waals surface area contributed by atoms with Gasteiger partial charge in [0.05, 0.1) is 12.2 Å². The van der Waals surface area contributed by atoms with E-state index < -0.39 is 5.82 Å². The maximum absolute atomic E-state index is 13.5. The van der Waals surface area contributed by atoms with E-state index in [0.29, 0.717) is 5.69 Å². The van der Waals surface area contributed by atoms with E-state index in [1.54, 1.807) is 24.3 Å². The van der Waals surface area contributed by atoms with Gasteiger partial charge in [-0.25, -0.2) is 4.39 Å². The molecule has 0 saturated carbocycles. The fourth-order valence-electron chi connectivity index (χ4n) is 1.58. The summed E-state index contributed by atoms with van der Waals surface area (Å²) in [7, 11) is 0. The molecule has 6 heteroatoms. The zero-order valence-corrected chi connectivity index (χ0v) is 13.5. The van der Waals surface area contributed by atoms with Crippen LogP contribution in [0.5, 0.6) is 0 Å². The van der Waals surface area contributed by atoms with Crippen LogP contribution < -0.4 is 10.6 Å². The minimum absolute atomic E-state index is 0.0140.